The van der Waals surface area contributed by atoms with Gasteiger partial charge in [-0.15, -0.1) is 0 Å². The molecule has 2 amide bonds. The number of fused-ring (bicyclic) bond motifs is 1. The van der Waals surface area contributed by atoms with Crippen LogP contribution < -0.4 is 15.0 Å². The van der Waals surface area contributed by atoms with E-state index in [1.165, 1.54) is 11.6 Å². The van der Waals surface area contributed by atoms with Gasteiger partial charge >= 0.3 is 0 Å². The molecule has 0 fully saturated rings. The fourth-order valence-corrected chi connectivity index (χ4v) is 3.53. The van der Waals surface area contributed by atoms with Crippen LogP contribution >= 0.6 is 0 Å². The Hall–Kier alpha value is -3.86. The SMILES string of the molecule is O=C(/C=C/c1ccccc1)Nc1ccc2c(c1)N(CCCc1ccccc1)C(=O)CO2. The summed E-state index contributed by atoms with van der Waals surface area (Å²) in [5.74, 6) is 0.340. The van der Waals surface area contributed by atoms with Crippen LogP contribution in [0.5, 0.6) is 5.75 Å². The lowest BCUT2D eigenvalue weighted by atomic mass is 10.1. The largest absolute Gasteiger partial charge is 0.482 e. The maximum atomic E-state index is 12.5. The van der Waals surface area contributed by atoms with E-state index in [1.54, 1.807) is 29.2 Å². The molecule has 5 nitrogen and oxygen atoms in total. The van der Waals surface area contributed by atoms with Gasteiger partial charge in [-0.05, 0) is 48.2 Å². The van der Waals surface area contributed by atoms with Crippen molar-refractivity contribution in [2.75, 3.05) is 23.4 Å². The van der Waals surface area contributed by atoms with Gasteiger partial charge in [0, 0.05) is 18.3 Å². The van der Waals surface area contributed by atoms with Gasteiger partial charge < -0.3 is 15.0 Å². The summed E-state index contributed by atoms with van der Waals surface area (Å²) in [7, 11) is 0. The van der Waals surface area contributed by atoms with E-state index in [0.29, 0.717) is 23.7 Å². The maximum Gasteiger partial charge on any atom is 0.265 e. The highest BCUT2D eigenvalue weighted by Crippen LogP contribution is 2.34. The molecule has 0 radical (unpaired) electrons. The van der Waals surface area contributed by atoms with Gasteiger partial charge in [0.05, 0.1) is 5.69 Å². The van der Waals surface area contributed by atoms with E-state index in [1.807, 2.05) is 48.5 Å². The van der Waals surface area contributed by atoms with Crippen molar-refractivity contribution < 1.29 is 14.3 Å². The zero-order valence-corrected chi connectivity index (χ0v) is 17.2. The molecule has 1 heterocycles. The van der Waals surface area contributed by atoms with Crippen LogP contribution in [0.15, 0.2) is 84.9 Å². The van der Waals surface area contributed by atoms with Crippen LogP contribution in [-0.2, 0) is 16.0 Å². The lowest BCUT2D eigenvalue weighted by Gasteiger charge is -2.30. The minimum atomic E-state index is -0.234. The van der Waals surface area contributed by atoms with Gasteiger partial charge in [0.25, 0.3) is 5.91 Å². The number of aryl methyl sites for hydroxylation is 1. The number of hydrogen-bond donors (Lipinski definition) is 1. The van der Waals surface area contributed by atoms with Crippen molar-refractivity contribution in [3.63, 3.8) is 0 Å². The summed E-state index contributed by atoms with van der Waals surface area (Å²) in [6.07, 6.45) is 4.98. The molecule has 1 aliphatic rings. The maximum absolute atomic E-state index is 12.5. The van der Waals surface area contributed by atoms with Crippen molar-refractivity contribution in [2.24, 2.45) is 0 Å². The third-order valence-electron chi connectivity index (χ3n) is 5.09. The molecular formula is C26H24N2O3. The second-order valence-corrected chi connectivity index (χ2v) is 7.34. The van der Waals surface area contributed by atoms with E-state index in [0.717, 1.165) is 18.4 Å². The number of amides is 2. The van der Waals surface area contributed by atoms with Crippen molar-refractivity contribution in [2.45, 2.75) is 12.8 Å². The van der Waals surface area contributed by atoms with E-state index < -0.39 is 0 Å². The Morgan fingerprint density at radius 2 is 1.74 bits per heavy atom. The molecule has 0 saturated carbocycles. The second kappa shape index (κ2) is 9.76. The third-order valence-corrected chi connectivity index (χ3v) is 5.09. The molecule has 0 aromatic heterocycles. The molecule has 0 bridgehead atoms. The predicted molar refractivity (Wildman–Crippen MR) is 123 cm³/mol. The lowest BCUT2D eigenvalue weighted by Crippen LogP contribution is -2.39. The summed E-state index contributed by atoms with van der Waals surface area (Å²) >= 11 is 0. The first-order chi connectivity index (χ1) is 15.2. The van der Waals surface area contributed by atoms with Gasteiger partial charge in [0.2, 0.25) is 5.91 Å². The standard InChI is InChI=1S/C26H24N2O3/c29-25(16-13-21-10-5-2-6-11-21)27-22-14-15-24-23(18-22)28(26(30)19-31-24)17-7-12-20-8-3-1-4-9-20/h1-6,8-11,13-16,18H,7,12,17,19H2,(H,27,29)/b16-13+. The fourth-order valence-electron chi connectivity index (χ4n) is 3.53. The molecule has 5 heteroatoms. The third kappa shape index (κ3) is 5.39. The van der Waals surface area contributed by atoms with E-state index in [4.69, 9.17) is 4.74 Å². The number of carbonyl (C=O) groups excluding carboxylic acids is 2. The zero-order chi connectivity index (χ0) is 21.5. The van der Waals surface area contributed by atoms with Gasteiger partial charge in [-0.2, -0.15) is 0 Å². The number of rotatable bonds is 7. The van der Waals surface area contributed by atoms with Crippen molar-refractivity contribution >= 4 is 29.3 Å². The number of benzene rings is 3. The first kappa shape index (κ1) is 20.4. The molecule has 3 aromatic rings. The van der Waals surface area contributed by atoms with Crippen LogP contribution in [0.1, 0.15) is 17.5 Å². The van der Waals surface area contributed by atoms with Crippen molar-refractivity contribution in [3.05, 3.63) is 96.1 Å². The van der Waals surface area contributed by atoms with Gasteiger partial charge in [-0.1, -0.05) is 60.7 Å². The summed E-state index contributed by atoms with van der Waals surface area (Å²) in [4.78, 5) is 26.6. The molecule has 0 saturated heterocycles. The zero-order valence-electron chi connectivity index (χ0n) is 17.2. The normalized spacial score (nSPS) is 13.0. The summed E-state index contributed by atoms with van der Waals surface area (Å²) in [5, 5.41) is 2.86. The molecule has 0 spiro atoms. The van der Waals surface area contributed by atoms with Gasteiger partial charge in [0.1, 0.15) is 5.75 Å². The smallest absolute Gasteiger partial charge is 0.265 e. The van der Waals surface area contributed by atoms with Crippen molar-refractivity contribution in [1.29, 1.82) is 0 Å². The molecule has 3 aromatic carbocycles. The molecule has 1 N–H and O–H groups in total. The quantitative estimate of drug-likeness (QED) is 0.573. The molecule has 0 atom stereocenters. The Morgan fingerprint density at radius 1 is 1.00 bits per heavy atom. The topological polar surface area (TPSA) is 58.6 Å². The highest BCUT2D eigenvalue weighted by molar-refractivity contribution is 6.03. The highest BCUT2D eigenvalue weighted by atomic mass is 16.5. The van der Waals surface area contributed by atoms with Gasteiger partial charge in [0.15, 0.2) is 6.61 Å². The summed E-state index contributed by atoms with van der Waals surface area (Å²) < 4.78 is 5.58. The average Bonchev–Trinajstić information content (AvgIpc) is 2.80. The number of nitrogens with one attached hydrogen (secondary N) is 1. The van der Waals surface area contributed by atoms with Gasteiger partial charge in [-0.3, -0.25) is 9.59 Å². The monoisotopic (exact) mass is 412 g/mol. The highest BCUT2D eigenvalue weighted by Gasteiger charge is 2.25. The van der Waals surface area contributed by atoms with E-state index in [2.05, 4.69) is 17.4 Å². The number of nitrogens with zero attached hydrogens (tertiary/aromatic N) is 1. The van der Waals surface area contributed by atoms with Crippen molar-refractivity contribution in [1.82, 2.24) is 0 Å². The Balaban J connectivity index is 1.43. The Kier molecular flexibility index (Phi) is 6.43. The number of hydrogen-bond acceptors (Lipinski definition) is 3. The Morgan fingerprint density at radius 3 is 2.52 bits per heavy atom. The summed E-state index contributed by atoms with van der Waals surface area (Å²) in [6, 6.07) is 25.2. The van der Waals surface area contributed by atoms with E-state index >= 15 is 0 Å². The molecule has 0 aliphatic carbocycles. The fraction of sp³-hybridized carbons (Fsp3) is 0.154. The number of anilines is 2. The molecule has 31 heavy (non-hydrogen) atoms. The summed E-state index contributed by atoms with van der Waals surface area (Å²) in [6.45, 7) is 0.624. The lowest BCUT2D eigenvalue weighted by molar-refractivity contribution is -0.121. The number of ether oxygens (including phenoxy) is 1. The predicted octanol–water partition coefficient (Wildman–Crippen LogP) is 4.70. The molecule has 1 aliphatic heterocycles. The minimum Gasteiger partial charge on any atom is -0.482 e. The average molecular weight is 412 g/mol. The van der Waals surface area contributed by atoms with Crippen LogP contribution in [0.3, 0.4) is 0 Å². The number of carbonyl (C=O) groups is 2. The van der Waals surface area contributed by atoms with Crippen LogP contribution in [0.25, 0.3) is 6.08 Å². The first-order valence-electron chi connectivity index (χ1n) is 10.3. The van der Waals surface area contributed by atoms with E-state index in [9.17, 15) is 9.59 Å². The summed E-state index contributed by atoms with van der Waals surface area (Å²) in [5.41, 5.74) is 3.50. The Labute approximate surface area is 182 Å². The second-order valence-electron chi connectivity index (χ2n) is 7.34. The molecule has 4 rings (SSSR count). The molecular weight excluding hydrogens is 388 g/mol. The van der Waals surface area contributed by atoms with Crippen molar-refractivity contribution in [3.8, 4) is 5.75 Å². The van der Waals surface area contributed by atoms with Crippen LogP contribution in [0.2, 0.25) is 0 Å². The molecule has 156 valence electrons. The van der Waals surface area contributed by atoms with Crippen LogP contribution in [-0.4, -0.2) is 25.0 Å². The van der Waals surface area contributed by atoms with E-state index in [-0.39, 0.29) is 18.4 Å². The van der Waals surface area contributed by atoms with Crippen LogP contribution in [0.4, 0.5) is 11.4 Å². The molecule has 0 unspecified atom stereocenters. The van der Waals surface area contributed by atoms with Crippen LogP contribution in [0, 0.1) is 0 Å². The minimum absolute atomic E-state index is 0.0316. The van der Waals surface area contributed by atoms with Gasteiger partial charge in [-0.25, -0.2) is 0 Å². The first-order valence-corrected chi connectivity index (χ1v) is 10.3. The Bertz CT molecular complexity index is 1080.